The number of nitrogens with one attached hydrogen (secondary N) is 1. The van der Waals surface area contributed by atoms with Gasteiger partial charge in [0, 0.05) is 16.6 Å². The zero-order valence-electron chi connectivity index (χ0n) is 9.65. The van der Waals surface area contributed by atoms with E-state index >= 15 is 0 Å². The SMILES string of the molecule is O=C1Cc2cc(C(Cl)CCC(F)(F)F)c(Br)cc2N1. The van der Waals surface area contributed by atoms with E-state index in [1.807, 2.05) is 0 Å². The van der Waals surface area contributed by atoms with Crippen LogP contribution < -0.4 is 5.32 Å². The molecule has 0 aromatic heterocycles. The summed E-state index contributed by atoms with van der Waals surface area (Å²) in [6.45, 7) is 0. The first-order valence-electron chi connectivity index (χ1n) is 5.59. The summed E-state index contributed by atoms with van der Waals surface area (Å²) in [6, 6.07) is 3.36. The topological polar surface area (TPSA) is 29.1 Å². The summed E-state index contributed by atoms with van der Waals surface area (Å²) < 4.78 is 37.1. The van der Waals surface area contributed by atoms with Crippen molar-refractivity contribution >= 4 is 39.1 Å². The van der Waals surface area contributed by atoms with Crippen molar-refractivity contribution in [2.75, 3.05) is 5.32 Å². The fourth-order valence-corrected chi connectivity index (χ4v) is 2.99. The van der Waals surface area contributed by atoms with Crippen LogP contribution >= 0.6 is 27.5 Å². The Morgan fingerprint density at radius 3 is 2.74 bits per heavy atom. The highest BCUT2D eigenvalue weighted by Crippen LogP contribution is 2.38. The van der Waals surface area contributed by atoms with E-state index in [1.54, 1.807) is 12.1 Å². The van der Waals surface area contributed by atoms with Crippen LogP contribution in [0.25, 0.3) is 0 Å². The quantitative estimate of drug-likeness (QED) is 0.790. The fraction of sp³-hybridized carbons (Fsp3) is 0.417. The standard InChI is InChI=1S/C12H10BrClF3NO/c13-8-5-10-6(4-11(19)18-10)3-7(8)9(14)1-2-12(15,16)17/h3,5,9H,1-2,4H2,(H,18,19). The van der Waals surface area contributed by atoms with Crippen molar-refractivity contribution < 1.29 is 18.0 Å². The summed E-state index contributed by atoms with van der Waals surface area (Å²) in [5, 5.41) is 1.93. The van der Waals surface area contributed by atoms with Crippen LogP contribution in [0.1, 0.15) is 29.3 Å². The van der Waals surface area contributed by atoms with E-state index < -0.39 is 18.0 Å². The van der Waals surface area contributed by atoms with E-state index in [2.05, 4.69) is 21.2 Å². The Morgan fingerprint density at radius 2 is 2.11 bits per heavy atom. The predicted molar refractivity (Wildman–Crippen MR) is 70.4 cm³/mol. The maximum absolute atomic E-state index is 12.2. The molecule has 19 heavy (non-hydrogen) atoms. The summed E-state index contributed by atoms with van der Waals surface area (Å²) in [7, 11) is 0. The maximum Gasteiger partial charge on any atom is 0.389 e. The number of halogens is 5. The molecule has 1 atom stereocenters. The van der Waals surface area contributed by atoms with Crippen LogP contribution in [0.4, 0.5) is 18.9 Å². The van der Waals surface area contributed by atoms with E-state index in [1.165, 1.54) is 0 Å². The molecule has 0 bridgehead atoms. The molecular formula is C12H10BrClF3NO. The van der Waals surface area contributed by atoms with Gasteiger partial charge in [-0.05, 0) is 23.6 Å². The molecule has 0 saturated heterocycles. The number of carbonyl (C=O) groups excluding carboxylic acids is 1. The minimum atomic E-state index is -4.21. The molecule has 1 N–H and O–H groups in total. The average Bonchev–Trinajstić information content (AvgIpc) is 2.63. The first-order chi connectivity index (χ1) is 8.76. The van der Waals surface area contributed by atoms with E-state index in [9.17, 15) is 18.0 Å². The summed E-state index contributed by atoms with van der Waals surface area (Å²) >= 11 is 9.29. The molecule has 1 aromatic rings. The van der Waals surface area contributed by atoms with E-state index in [0.717, 1.165) is 5.56 Å². The number of fused-ring (bicyclic) bond motifs is 1. The molecule has 1 amide bonds. The summed E-state index contributed by atoms with van der Waals surface area (Å²) in [6.07, 6.45) is -5.10. The highest BCUT2D eigenvalue weighted by atomic mass is 79.9. The maximum atomic E-state index is 12.2. The lowest BCUT2D eigenvalue weighted by molar-refractivity contribution is -0.135. The van der Waals surface area contributed by atoms with Gasteiger partial charge >= 0.3 is 6.18 Å². The monoisotopic (exact) mass is 355 g/mol. The van der Waals surface area contributed by atoms with Crippen LogP contribution in [0, 0.1) is 0 Å². The lowest BCUT2D eigenvalue weighted by Crippen LogP contribution is -2.08. The zero-order chi connectivity index (χ0) is 14.2. The second-order valence-electron chi connectivity index (χ2n) is 4.38. The molecule has 104 valence electrons. The van der Waals surface area contributed by atoms with Crippen LogP contribution in [-0.2, 0) is 11.2 Å². The van der Waals surface area contributed by atoms with Crippen molar-refractivity contribution in [2.24, 2.45) is 0 Å². The zero-order valence-corrected chi connectivity index (χ0v) is 12.0. The Labute approximate surface area is 121 Å². The average molecular weight is 357 g/mol. The van der Waals surface area contributed by atoms with Crippen LogP contribution in [0.2, 0.25) is 0 Å². The minimum Gasteiger partial charge on any atom is -0.325 e. The molecule has 7 heteroatoms. The van der Waals surface area contributed by atoms with E-state index in [0.29, 0.717) is 15.7 Å². The van der Waals surface area contributed by atoms with Gasteiger partial charge in [-0.2, -0.15) is 13.2 Å². The highest BCUT2D eigenvalue weighted by molar-refractivity contribution is 9.10. The Balaban J connectivity index is 2.17. The van der Waals surface area contributed by atoms with Gasteiger partial charge in [0.05, 0.1) is 11.8 Å². The molecule has 0 spiro atoms. The van der Waals surface area contributed by atoms with Crippen molar-refractivity contribution in [3.05, 3.63) is 27.7 Å². The summed E-state index contributed by atoms with van der Waals surface area (Å²) in [5.41, 5.74) is 2.03. The highest BCUT2D eigenvalue weighted by Gasteiger charge is 2.29. The van der Waals surface area contributed by atoms with Gasteiger partial charge in [0.2, 0.25) is 5.91 Å². The van der Waals surface area contributed by atoms with E-state index in [-0.39, 0.29) is 18.7 Å². The molecule has 0 aliphatic carbocycles. The van der Waals surface area contributed by atoms with Crippen LogP contribution in [0.15, 0.2) is 16.6 Å². The van der Waals surface area contributed by atoms with Gasteiger partial charge < -0.3 is 5.32 Å². The molecule has 0 radical (unpaired) electrons. The third-order valence-electron chi connectivity index (χ3n) is 2.87. The lowest BCUT2D eigenvalue weighted by Gasteiger charge is -2.14. The molecule has 2 nitrogen and oxygen atoms in total. The number of benzene rings is 1. The van der Waals surface area contributed by atoms with Crippen molar-refractivity contribution in [3.63, 3.8) is 0 Å². The number of rotatable bonds is 3. The largest absolute Gasteiger partial charge is 0.389 e. The number of amides is 1. The molecule has 0 fully saturated rings. The van der Waals surface area contributed by atoms with Gasteiger partial charge in [-0.15, -0.1) is 11.6 Å². The molecule has 2 rings (SSSR count). The number of anilines is 1. The van der Waals surface area contributed by atoms with Crippen molar-refractivity contribution in [1.29, 1.82) is 0 Å². The van der Waals surface area contributed by atoms with Crippen LogP contribution in [-0.4, -0.2) is 12.1 Å². The Bertz CT molecular complexity index is 518. The molecule has 0 saturated carbocycles. The van der Waals surface area contributed by atoms with Crippen molar-refractivity contribution in [1.82, 2.24) is 0 Å². The van der Waals surface area contributed by atoms with Crippen LogP contribution in [0.5, 0.6) is 0 Å². The number of hydrogen-bond acceptors (Lipinski definition) is 1. The van der Waals surface area contributed by atoms with Gasteiger partial charge in [0.15, 0.2) is 0 Å². The van der Waals surface area contributed by atoms with Crippen molar-refractivity contribution in [3.8, 4) is 0 Å². The molecule has 1 aliphatic heterocycles. The molecule has 1 aliphatic rings. The first-order valence-corrected chi connectivity index (χ1v) is 6.82. The lowest BCUT2D eigenvalue weighted by atomic mass is 10.0. The van der Waals surface area contributed by atoms with E-state index in [4.69, 9.17) is 11.6 Å². The third kappa shape index (κ3) is 3.63. The van der Waals surface area contributed by atoms with Gasteiger partial charge in [-0.1, -0.05) is 22.0 Å². The number of alkyl halides is 4. The minimum absolute atomic E-state index is 0.125. The fourth-order valence-electron chi connectivity index (χ4n) is 1.95. The van der Waals surface area contributed by atoms with Gasteiger partial charge in [0.25, 0.3) is 0 Å². The van der Waals surface area contributed by atoms with Gasteiger partial charge in [0.1, 0.15) is 0 Å². The Kier molecular flexibility index (Phi) is 4.11. The second-order valence-corrected chi connectivity index (χ2v) is 5.76. The van der Waals surface area contributed by atoms with Gasteiger partial charge in [-0.25, -0.2) is 0 Å². The summed E-state index contributed by atoms with van der Waals surface area (Å²) in [4.78, 5) is 11.2. The molecular weight excluding hydrogens is 346 g/mol. The predicted octanol–water partition coefficient (Wildman–Crippen LogP) is 4.57. The Morgan fingerprint density at radius 1 is 1.42 bits per heavy atom. The second kappa shape index (κ2) is 5.32. The summed E-state index contributed by atoms with van der Waals surface area (Å²) in [5.74, 6) is -0.125. The molecule has 1 heterocycles. The smallest absolute Gasteiger partial charge is 0.325 e. The molecule has 1 unspecified atom stereocenters. The Hall–Kier alpha value is -0.750. The normalized spacial score (nSPS) is 16.2. The van der Waals surface area contributed by atoms with Gasteiger partial charge in [-0.3, -0.25) is 4.79 Å². The van der Waals surface area contributed by atoms with Crippen LogP contribution in [0.3, 0.4) is 0 Å². The number of carbonyl (C=O) groups is 1. The molecule has 1 aromatic carbocycles. The number of hydrogen-bond donors (Lipinski definition) is 1. The van der Waals surface area contributed by atoms with Crippen molar-refractivity contribution in [2.45, 2.75) is 30.8 Å². The first kappa shape index (κ1) is 14.7. The third-order valence-corrected chi connectivity index (χ3v) is 4.01.